The van der Waals surface area contributed by atoms with E-state index in [4.69, 9.17) is 0 Å². The van der Waals surface area contributed by atoms with E-state index in [0.717, 1.165) is 31.6 Å². The van der Waals surface area contributed by atoms with Crippen LogP contribution >= 0.6 is 0 Å². The van der Waals surface area contributed by atoms with E-state index in [2.05, 4.69) is 16.4 Å². The Kier molecular flexibility index (Phi) is 3.35. The lowest BCUT2D eigenvalue weighted by atomic mass is 10.0. The number of hydrogen-bond donors (Lipinski definition) is 1. The van der Waals surface area contributed by atoms with Crippen molar-refractivity contribution < 1.29 is 5.11 Å². The van der Waals surface area contributed by atoms with Gasteiger partial charge in [-0.25, -0.2) is 0 Å². The van der Waals surface area contributed by atoms with Crippen LogP contribution in [0.2, 0.25) is 0 Å². The van der Waals surface area contributed by atoms with Gasteiger partial charge >= 0.3 is 0 Å². The summed E-state index contributed by atoms with van der Waals surface area (Å²) in [6.45, 7) is 4.20. The summed E-state index contributed by atoms with van der Waals surface area (Å²) in [4.78, 5) is 14.1. The van der Waals surface area contributed by atoms with Crippen molar-refractivity contribution in [2.75, 3.05) is 6.54 Å². The van der Waals surface area contributed by atoms with E-state index in [-0.39, 0.29) is 11.2 Å². The van der Waals surface area contributed by atoms with Crippen molar-refractivity contribution >= 4 is 0 Å². The predicted molar refractivity (Wildman–Crippen MR) is 74.4 cm³/mol. The SMILES string of the molecule is CC1CCCCN1Cc1cc(=O)c(O)cn1C1CC1. The molecule has 19 heavy (non-hydrogen) atoms. The molecule has 4 heteroatoms. The Bertz CT molecular complexity index is 519. The van der Waals surface area contributed by atoms with Crippen LogP contribution in [-0.4, -0.2) is 27.2 Å². The minimum atomic E-state index is -0.253. The highest BCUT2D eigenvalue weighted by Gasteiger charge is 2.27. The molecule has 1 aromatic rings. The van der Waals surface area contributed by atoms with Crippen LogP contribution in [0.3, 0.4) is 0 Å². The third-order valence-electron chi connectivity index (χ3n) is 4.39. The van der Waals surface area contributed by atoms with E-state index < -0.39 is 0 Å². The van der Waals surface area contributed by atoms with Crippen molar-refractivity contribution in [3.8, 4) is 5.75 Å². The minimum absolute atomic E-state index is 0.123. The summed E-state index contributed by atoms with van der Waals surface area (Å²) in [6.07, 6.45) is 7.74. The monoisotopic (exact) mass is 262 g/mol. The maximum absolute atomic E-state index is 11.7. The van der Waals surface area contributed by atoms with Crippen LogP contribution in [-0.2, 0) is 6.54 Å². The molecular formula is C15H22N2O2. The molecule has 2 aliphatic rings. The van der Waals surface area contributed by atoms with E-state index in [0.29, 0.717) is 12.1 Å². The summed E-state index contributed by atoms with van der Waals surface area (Å²) in [5.41, 5.74) is 0.801. The van der Waals surface area contributed by atoms with Crippen LogP contribution in [0, 0.1) is 0 Å². The van der Waals surface area contributed by atoms with Gasteiger partial charge in [0.05, 0.1) is 6.20 Å². The molecule has 2 fully saturated rings. The zero-order valence-electron chi connectivity index (χ0n) is 11.5. The van der Waals surface area contributed by atoms with Gasteiger partial charge in [0.1, 0.15) is 0 Å². The zero-order valence-corrected chi connectivity index (χ0v) is 11.5. The molecule has 0 aromatic carbocycles. The topological polar surface area (TPSA) is 45.5 Å². The number of aromatic nitrogens is 1. The predicted octanol–water partition coefficient (Wildman–Crippen LogP) is 2.26. The van der Waals surface area contributed by atoms with Gasteiger partial charge in [0.25, 0.3) is 0 Å². The molecule has 0 bridgehead atoms. The second kappa shape index (κ2) is 5.00. The molecule has 1 saturated carbocycles. The molecular weight excluding hydrogens is 240 g/mol. The average Bonchev–Trinajstić information content (AvgIpc) is 3.20. The molecule has 4 nitrogen and oxygen atoms in total. The largest absolute Gasteiger partial charge is 0.503 e. The van der Waals surface area contributed by atoms with Crippen molar-refractivity contribution in [2.45, 2.75) is 57.7 Å². The van der Waals surface area contributed by atoms with Crippen molar-refractivity contribution in [1.82, 2.24) is 9.47 Å². The fourth-order valence-electron chi connectivity index (χ4n) is 3.00. The van der Waals surface area contributed by atoms with Gasteiger partial charge in [-0.15, -0.1) is 0 Å². The van der Waals surface area contributed by atoms with Gasteiger partial charge in [-0.05, 0) is 39.2 Å². The number of rotatable bonds is 3. The molecule has 1 N–H and O–H groups in total. The lowest BCUT2D eigenvalue weighted by Gasteiger charge is -2.34. The van der Waals surface area contributed by atoms with E-state index in [9.17, 15) is 9.90 Å². The van der Waals surface area contributed by atoms with Gasteiger partial charge in [-0.2, -0.15) is 0 Å². The Balaban J connectivity index is 1.86. The van der Waals surface area contributed by atoms with E-state index >= 15 is 0 Å². The van der Waals surface area contributed by atoms with Crippen molar-refractivity contribution in [3.05, 3.63) is 28.2 Å². The Morgan fingerprint density at radius 3 is 2.79 bits per heavy atom. The van der Waals surface area contributed by atoms with Crippen LogP contribution in [0.15, 0.2) is 17.1 Å². The van der Waals surface area contributed by atoms with Crippen molar-refractivity contribution in [1.29, 1.82) is 0 Å². The second-order valence-electron chi connectivity index (χ2n) is 5.97. The average molecular weight is 262 g/mol. The van der Waals surface area contributed by atoms with E-state index in [1.165, 1.54) is 19.3 Å². The van der Waals surface area contributed by atoms with E-state index in [1.807, 2.05) is 0 Å². The first-order valence-corrected chi connectivity index (χ1v) is 7.33. The summed E-state index contributed by atoms with van der Waals surface area (Å²) in [5.74, 6) is -0.123. The molecule has 0 amide bonds. The fourth-order valence-corrected chi connectivity index (χ4v) is 3.00. The number of piperidine rings is 1. The number of nitrogens with zero attached hydrogens (tertiary/aromatic N) is 2. The smallest absolute Gasteiger partial charge is 0.223 e. The van der Waals surface area contributed by atoms with Crippen LogP contribution in [0.4, 0.5) is 0 Å². The molecule has 1 saturated heterocycles. The number of likely N-dealkylation sites (tertiary alicyclic amines) is 1. The highest BCUT2D eigenvalue weighted by Crippen LogP contribution is 2.36. The van der Waals surface area contributed by atoms with Crippen LogP contribution < -0.4 is 5.43 Å². The molecule has 1 aliphatic carbocycles. The third-order valence-corrected chi connectivity index (χ3v) is 4.39. The summed E-state index contributed by atoms with van der Waals surface area (Å²) in [7, 11) is 0. The number of hydrogen-bond acceptors (Lipinski definition) is 3. The minimum Gasteiger partial charge on any atom is -0.503 e. The molecule has 1 unspecified atom stereocenters. The zero-order chi connectivity index (χ0) is 13.4. The Labute approximate surface area is 113 Å². The highest BCUT2D eigenvalue weighted by atomic mass is 16.3. The molecule has 1 aromatic heterocycles. The lowest BCUT2D eigenvalue weighted by Crippen LogP contribution is -2.37. The molecule has 0 radical (unpaired) electrons. The van der Waals surface area contributed by atoms with Gasteiger partial charge < -0.3 is 9.67 Å². The Morgan fingerprint density at radius 1 is 1.32 bits per heavy atom. The maximum atomic E-state index is 11.7. The first-order chi connectivity index (χ1) is 9.15. The molecule has 0 spiro atoms. The fraction of sp³-hybridized carbons (Fsp3) is 0.667. The van der Waals surface area contributed by atoms with Crippen molar-refractivity contribution in [2.24, 2.45) is 0 Å². The van der Waals surface area contributed by atoms with Crippen LogP contribution in [0.25, 0.3) is 0 Å². The van der Waals surface area contributed by atoms with E-state index in [1.54, 1.807) is 12.3 Å². The molecule has 1 aliphatic heterocycles. The van der Waals surface area contributed by atoms with Gasteiger partial charge in [0.15, 0.2) is 5.75 Å². The van der Waals surface area contributed by atoms with Gasteiger partial charge in [0, 0.05) is 30.4 Å². The summed E-state index contributed by atoms with van der Waals surface area (Å²) in [6, 6.07) is 2.70. The number of aromatic hydroxyl groups is 1. The quantitative estimate of drug-likeness (QED) is 0.909. The summed E-state index contributed by atoms with van der Waals surface area (Å²) >= 11 is 0. The molecule has 1 atom stereocenters. The Hall–Kier alpha value is -1.29. The van der Waals surface area contributed by atoms with Gasteiger partial charge in [-0.1, -0.05) is 6.42 Å². The lowest BCUT2D eigenvalue weighted by molar-refractivity contribution is 0.148. The van der Waals surface area contributed by atoms with Gasteiger partial charge in [-0.3, -0.25) is 9.69 Å². The summed E-state index contributed by atoms with van der Waals surface area (Å²) in [5, 5.41) is 9.61. The number of pyridine rings is 1. The van der Waals surface area contributed by atoms with Crippen LogP contribution in [0.5, 0.6) is 5.75 Å². The highest BCUT2D eigenvalue weighted by molar-refractivity contribution is 5.22. The standard InChI is InChI=1S/C15H22N2O2/c1-11-4-2-3-7-16(11)9-13-8-14(18)15(19)10-17(13)12-5-6-12/h8,10-12,19H,2-7,9H2,1H3. The van der Waals surface area contributed by atoms with Gasteiger partial charge in [0.2, 0.25) is 5.43 Å². The molecule has 2 heterocycles. The van der Waals surface area contributed by atoms with Crippen molar-refractivity contribution in [3.63, 3.8) is 0 Å². The molecule has 3 rings (SSSR count). The molecule has 104 valence electrons. The first kappa shape index (κ1) is 12.7. The maximum Gasteiger partial charge on any atom is 0.223 e. The normalized spacial score (nSPS) is 24.6. The Morgan fingerprint density at radius 2 is 2.11 bits per heavy atom. The second-order valence-corrected chi connectivity index (χ2v) is 5.97. The first-order valence-electron chi connectivity index (χ1n) is 7.33. The van der Waals surface area contributed by atoms with Crippen LogP contribution in [0.1, 0.15) is 50.8 Å². The third kappa shape index (κ3) is 2.68. The summed E-state index contributed by atoms with van der Waals surface area (Å²) < 4.78 is 2.11.